The number of nitrogens with one attached hydrogen (secondary N) is 1. The van der Waals surface area contributed by atoms with E-state index in [0.717, 1.165) is 22.4 Å². The van der Waals surface area contributed by atoms with Gasteiger partial charge in [0, 0.05) is 6.07 Å². The lowest BCUT2D eigenvalue weighted by molar-refractivity contribution is 0.0941. The quantitative estimate of drug-likeness (QED) is 0.609. The number of nitrogens with zero attached hydrogens (tertiary/aromatic N) is 2. The van der Waals surface area contributed by atoms with Crippen molar-refractivity contribution in [3.05, 3.63) is 83.3 Å². The molecule has 0 atom stereocenters. The van der Waals surface area contributed by atoms with Crippen molar-refractivity contribution in [2.75, 3.05) is 13.2 Å². The van der Waals surface area contributed by atoms with Gasteiger partial charge in [-0.05, 0) is 42.7 Å². The highest BCUT2D eigenvalue weighted by Crippen LogP contribution is 2.16. The molecule has 0 aliphatic rings. The van der Waals surface area contributed by atoms with E-state index in [1.54, 1.807) is 0 Å². The largest absolute Gasteiger partial charge is 0.492 e. The van der Waals surface area contributed by atoms with Gasteiger partial charge in [-0.1, -0.05) is 36.4 Å². The van der Waals surface area contributed by atoms with E-state index in [1.165, 1.54) is 12.4 Å². The minimum absolute atomic E-state index is 0.254. The first-order chi connectivity index (χ1) is 13.6. The Morgan fingerprint density at radius 2 is 1.71 bits per heavy atom. The summed E-state index contributed by atoms with van der Waals surface area (Å²) >= 11 is 0. The molecule has 0 spiro atoms. The van der Waals surface area contributed by atoms with Crippen LogP contribution in [0.5, 0.6) is 11.6 Å². The molecule has 144 valence electrons. The van der Waals surface area contributed by atoms with Crippen molar-refractivity contribution in [3.8, 4) is 11.6 Å². The number of carbonyl (C=O) groups excluding carboxylic acids is 1. The van der Waals surface area contributed by atoms with Gasteiger partial charge in [0.1, 0.15) is 31.0 Å². The molecule has 3 aromatic rings. The molecule has 3 rings (SSSR count). The fourth-order valence-corrected chi connectivity index (χ4v) is 2.71. The number of aryl methyl sites for hydroxylation is 2. The number of hydrogen-bond donors (Lipinski definition) is 1. The maximum atomic E-state index is 12.3. The molecule has 6 nitrogen and oxygen atoms in total. The number of rotatable bonds is 8. The summed E-state index contributed by atoms with van der Waals surface area (Å²) in [5.41, 5.74) is 3.56. The van der Waals surface area contributed by atoms with Crippen LogP contribution in [0, 0.1) is 13.8 Å². The molecule has 0 unspecified atom stereocenters. The van der Waals surface area contributed by atoms with Crippen molar-refractivity contribution in [2.45, 2.75) is 20.5 Å². The lowest BCUT2D eigenvalue weighted by Gasteiger charge is -2.10. The van der Waals surface area contributed by atoms with Gasteiger partial charge in [0.25, 0.3) is 5.91 Å². The first kappa shape index (κ1) is 19.4. The molecule has 0 radical (unpaired) electrons. The molecule has 28 heavy (non-hydrogen) atoms. The Labute approximate surface area is 164 Å². The molecule has 0 aliphatic carbocycles. The Bertz CT molecular complexity index is 909. The molecule has 6 heteroatoms. The molecule has 1 aromatic heterocycles. The van der Waals surface area contributed by atoms with Crippen LogP contribution in [-0.4, -0.2) is 29.0 Å². The third kappa shape index (κ3) is 5.81. The number of amides is 1. The number of aromatic nitrogens is 2. The summed E-state index contributed by atoms with van der Waals surface area (Å²) in [4.78, 5) is 20.3. The summed E-state index contributed by atoms with van der Waals surface area (Å²) in [5.74, 6) is 0.858. The van der Waals surface area contributed by atoms with E-state index in [9.17, 15) is 4.79 Å². The van der Waals surface area contributed by atoms with Gasteiger partial charge in [-0.25, -0.2) is 9.97 Å². The second-order valence-corrected chi connectivity index (χ2v) is 6.44. The van der Waals surface area contributed by atoms with Crippen LogP contribution in [0.25, 0.3) is 0 Å². The van der Waals surface area contributed by atoms with Gasteiger partial charge in [0.2, 0.25) is 5.88 Å². The van der Waals surface area contributed by atoms with Crippen molar-refractivity contribution < 1.29 is 14.3 Å². The number of benzene rings is 2. The molecule has 1 N–H and O–H groups in total. The minimum Gasteiger partial charge on any atom is -0.492 e. The SMILES string of the molecule is Cc1cc(C)cc(OCCNC(=O)c2cc(OCc3ccccc3)ncn2)c1. The van der Waals surface area contributed by atoms with E-state index in [1.807, 2.05) is 56.3 Å². The van der Waals surface area contributed by atoms with E-state index in [0.29, 0.717) is 25.6 Å². The average molecular weight is 377 g/mol. The Balaban J connectivity index is 1.47. The van der Waals surface area contributed by atoms with Crippen molar-refractivity contribution >= 4 is 5.91 Å². The maximum absolute atomic E-state index is 12.3. The fraction of sp³-hybridized carbons (Fsp3) is 0.227. The van der Waals surface area contributed by atoms with Crippen molar-refractivity contribution in [3.63, 3.8) is 0 Å². The Kier molecular flexibility index (Phi) is 6.57. The summed E-state index contributed by atoms with van der Waals surface area (Å²) in [7, 11) is 0. The average Bonchev–Trinajstić information content (AvgIpc) is 2.70. The minimum atomic E-state index is -0.295. The smallest absolute Gasteiger partial charge is 0.270 e. The van der Waals surface area contributed by atoms with E-state index >= 15 is 0 Å². The Hall–Kier alpha value is -3.41. The number of ether oxygens (including phenoxy) is 2. The predicted octanol–water partition coefficient (Wildman–Crippen LogP) is 3.48. The van der Waals surface area contributed by atoms with Crippen molar-refractivity contribution in [1.82, 2.24) is 15.3 Å². The van der Waals surface area contributed by atoms with Gasteiger partial charge in [-0.3, -0.25) is 4.79 Å². The molecule has 1 amide bonds. The first-order valence-electron chi connectivity index (χ1n) is 9.08. The highest BCUT2D eigenvalue weighted by molar-refractivity contribution is 5.92. The zero-order valence-electron chi connectivity index (χ0n) is 16.0. The third-order valence-electron chi connectivity index (χ3n) is 3.96. The first-order valence-corrected chi connectivity index (χ1v) is 9.08. The number of hydrogen-bond acceptors (Lipinski definition) is 5. The lowest BCUT2D eigenvalue weighted by atomic mass is 10.1. The van der Waals surface area contributed by atoms with E-state index in [2.05, 4.69) is 21.4 Å². The van der Waals surface area contributed by atoms with E-state index in [4.69, 9.17) is 9.47 Å². The van der Waals surface area contributed by atoms with Crippen LogP contribution in [0.3, 0.4) is 0 Å². The van der Waals surface area contributed by atoms with E-state index < -0.39 is 0 Å². The van der Waals surface area contributed by atoms with Gasteiger partial charge >= 0.3 is 0 Å². The van der Waals surface area contributed by atoms with Crippen LogP contribution in [-0.2, 0) is 6.61 Å². The highest BCUT2D eigenvalue weighted by Gasteiger charge is 2.09. The zero-order chi connectivity index (χ0) is 19.8. The molecule has 2 aromatic carbocycles. The molecule has 0 saturated carbocycles. The summed E-state index contributed by atoms with van der Waals surface area (Å²) < 4.78 is 11.3. The Morgan fingerprint density at radius 1 is 0.964 bits per heavy atom. The van der Waals surface area contributed by atoms with Crippen LogP contribution >= 0.6 is 0 Å². The summed E-state index contributed by atoms with van der Waals surface area (Å²) in [6.45, 7) is 5.16. The van der Waals surface area contributed by atoms with Crippen LogP contribution in [0.4, 0.5) is 0 Å². The maximum Gasteiger partial charge on any atom is 0.270 e. The molecular formula is C22H23N3O3. The van der Waals surface area contributed by atoms with Gasteiger partial charge < -0.3 is 14.8 Å². The zero-order valence-corrected chi connectivity index (χ0v) is 16.0. The van der Waals surface area contributed by atoms with Crippen LogP contribution < -0.4 is 14.8 Å². The summed E-state index contributed by atoms with van der Waals surface area (Å²) in [6, 6.07) is 17.3. The normalized spacial score (nSPS) is 10.4. The van der Waals surface area contributed by atoms with E-state index in [-0.39, 0.29) is 11.6 Å². The van der Waals surface area contributed by atoms with Gasteiger partial charge in [0.05, 0.1) is 6.54 Å². The molecule has 0 aliphatic heterocycles. The molecular weight excluding hydrogens is 354 g/mol. The molecule has 0 bridgehead atoms. The molecule has 1 heterocycles. The standard InChI is InChI=1S/C22H23N3O3/c1-16-10-17(2)12-19(11-16)27-9-8-23-22(26)20-13-21(25-15-24-20)28-14-18-6-4-3-5-7-18/h3-7,10-13,15H,8-9,14H2,1-2H3,(H,23,26). The summed E-state index contributed by atoms with van der Waals surface area (Å²) in [6.07, 6.45) is 1.32. The topological polar surface area (TPSA) is 73.3 Å². The van der Waals surface area contributed by atoms with Crippen LogP contribution in [0.1, 0.15) is 27.2 Å². The van der Waals surface area contributed by atoms with Gasteiger partial charge in [-0.2, -0.15) is 0 Å². The molecule has 0 saturated heterocycles. The van der Waals surface area contributed by atoms with Gasteiger partial charge in [0.15, 0.2) is 0 Å². The van der Waals surface area contributed by atoms with Crippen LogP contribution in [0.2, 0.25) is 0 Å². The van der Waals surface area contributed by atoms with Gasteiger partial charge in [-0.15, -0.1) is 0 Å². The fourth-order valence-electron chi connectivity index (χ4n) is 2.71. The summed E-state index contributed by atoms with van der Waals surface area (Å²) in [5, 5.41) is 2.79. The molecule has 0 fully saturated rings. The second kappa shape index (κ2) is 9.50. The number of carbonyl (C=O) groups is 1. The van der Waals surface area contributed by atoms with Crippen molar-refractivity contribution in [1.29, 1.82) is 0 Å². The van der Waals surface area contributed by atoms with Crippen LogP contribution in [0.15, 0.2) is 60.9 Å². The highest BCUT2D eigenvalue weighted by atomic mass is 16.5. The third-order valence-corrected chi connectivity index (χ3v) is 3.96. The predicted molar refractivity (Wildman–Crippen MR) is 107 cm³/mol. The van der Waals surface area contributed by atoms with Crippen molar-refractivity contribution in [2.24, 2.45) is 0 Å². The monoisotopic (exact) mass is 377 g/mol. The second-order valence-electron chi connectivity index (χ2n) is 6.44. The lowest BCUT2D eigenvalue weighted by Crippen LogP contribution is -2.28. The Morgan fingerprint density at radius 3 is 2.46 bits per heavy atom.